The van der Waals surface area contributed by atoms with Gasteiger partial charge in [-0.3, -0.25) is 0 Å². The van der Waals surface area contributed by atoms with Gasteiger partial charge in [0.1, 0.15) is 7.05 Å². The van der Waals surface area contributed by atoms with Crippen LogP contribution in [0.2, 0.25) is 5.02 Å². The Hall–Kier alpha value is -1.86. The molecule has 3 rings (SSSR count). The summed E-state index contributed by atoms with van der Waals surface area (Å²) in [5.74, 6) is 0. The van der Waals surface area contributed by atoms with E-state index in [1.807, 2.05) is 18.2 Å². The molecule has 0 aliphatic heterocycles. The van der Waals surface area contributed by atoms with Gasteiger partial charge in [0.05, 0.1) is 10.4 Å². The van der Waals surface area contributed by atoms with Crippen LogP contribution in [-0.4, -0.2) is 0 Å². The van der Waals surface area contributed by atoms with Crippen LogP contribution in [0.15, 0.2) is 54.6 Å². The molecule has 19 heavy (non-hydrogen) atoms. The van der Waals surface area contributed by atoms with Gasteiger partial charge in [-0.05, 0) is 25.1 Å². The summed E-state index contributed by atoms with van der Waals surface area (Å²) in [6, 6.07) is 18.6. The minimum atomic E-state index is 0.840. The molecule has 1 heterocycles. The molecule has 0 fully saturated rings. The van der Waals surface area contributed by atoms with E-state index in [1.54, 1.807) is 0 Å². The maximum atomic E-state index is 6.54. The first-order chi connectivity index (χ1) is 9.20. The van der Waals surface area contributed by atoms with Gasteiger partial charge in [0, 0.05) is 17.2 Å². The van der Waals surface area contributed by atoms with Crippen molar-refractivity contribution in [1.82, 2.24) is 0 Å². The van der Waals surface area contributed by atoms with Gasteiger partial charge in [-0.1, -0.05) is 41.9 Å². The van der Waals surface area contributed by atoms with E-state index in [2.05, 4.69) is 54.9 Å². The van der Waals surface area contributed by atoms with Crippen molar-refractivity contribution in [1.29, 1.82) is 0 Å². The monoisotopic (exact) mass is 268 g/mol. The van der Waals surface area contributed by atoms with Crippen molar-refractivity contribution in [3.8, 4) is 11.3 Å². The Balaban J connectivity index is 2.44. The highest BCUT2D eigenvalue weighted by atomic mass is 35.5. The number of aryl methyl sites for hydroxylation is 1. The van der Waals surface area contributed by atoms with Gasteiger partial charge in [0.2, 0.25) is 11.2 Å². The van der Waals surface area contributed by atoms with Crippen molar-refractivity contribution in [3.05, 3.63) is 65.2 Å². The van der Waals surface area contributed by atoms with Gasteiger partial charge >= 0.3 is 0 Å². The zero-order valence-electron chi connectivity index (χ0n) is 11.0. The number of rotatable bonds is 1. The molecule has 3 aromatic rings. The molecule has 0 saturated carbocycles. The van der Waals surface area contributed by atoms with Crippen LogP contribution < -0.4 is 4.57 Å². The fraction of sp³-hybridized carbons (Fsp3) is 0.118. The van der Waals surface area contributed by atoms with Gasteiger partial charge in [0.15, 0.2) is 0 Å². The van der Waals surface area contributed by atoms with E-state index in [0.29, 0.717) is 0 Å². The van der Waals surface area contributed by atoms with E-state index in [1.165, 1.54) is 11.3 Å². The maximum Gasteiger partial charge on any atom is 0.217 e. The van der Waals surface area contributed by atoms with Crippen LogP contribution in [0.1, 0.15) is 5.56 Å². The first-order valence-electron chi connectivity index (χ1n) is 6.32. The molecule has 0 atom stereocenters. The zero-order chi connectivity index (χ0) is 13.4. The van der Waals surface area contributed by atoms with E-state index < -0.39 is 0 Å². The van der Waals surface area contributed by atoms with Crippen molar-refractivity contribution in [2.45, 2.75) is 6.92 Å². The minimum absolute atomic E-state index is 0.840. The predicted molar refractivity (Wildman–Crippen MR) is 80.3 cm³/mol. The summed E-state index contributed by atoms with van der Waals surface area (Å²) < 4.78 is 2.21. The average Bonchev–Trinajstić information content (AvgIpc) is 2.46. The molecule has 2 aromatic carbocycles. The lowest BCUT2D eigenvalue weighted by Gasteiger charge is -2.09. The predicted octanol–water partition coefficient (Wildman–Crippen LogP) is 4.29. The van der Waals surface area contributed by atoms with E-state index >= 15 is 0 Å². The molecule has 0 N–H and O–H groups in total. The van der Waals surface area contributed by atoms with Crippen LogP contribution in [-0.2, 0) is 7.05 Å². The van der Waals surface area contributed by atoms with Crippen molar-refractivity contribution in [2.75, 3.05) is 0 Å². The molecule has 0 unspecified atom stereocenters. The third kappa shape index (κ3) is 1.91. The molecule has 0 spiro atoms. The van der Waals surface area contributed by atoms with E-state index in [4.69, 9.17) is 11.6 Å². The summed E-state index contributed by atoms with van der Waals surface area (Å²) in [7, 11) is 2.09. The number of aromatic nitrogens is 1. The summed E-state index contributed by atoms with van der Waals surface area (Å²) >= 11 is 6.54. The van der Waals surface area contributed by atoms with Crippen LogP contribution in [0, 0.1) is 6.92 Å². The SMILES string of the molecule is Cc1c(Cl)c2ccccc2[n+](C)c1-c1ccccc1. The van der Waals surface area contributed by atoms with Crippen LogP contribution in [0.25, 0.3) is 22.2 Å². The van der Waals surface area contributed by atoms with Gasteiger partial charge in [-0.25, -0.2) is 0 Å². The van der Waals surface area contributed by atoms with Crippen LogP contribution in [0.3, 0.4) is 0 Å². The molecule has 94 valence electrons. The number of para-hydroxylation sites is 1. The van der Waals surface area contributed by atoms with Crippen molar-refractivity contribution < 1.29 is 4.57 Å². The highest BCUT2D eigenvalue weighted by molar-refractivity contribution is 6.36. The lowest BCUT2D eigenvalue weighted by Crippen LogP contribution is -2.33. The molecule has 0 aliphatic rings. The second kappa shape index (κ2) is 4.67. The lowest BCUT2D eigenvalue weighted by molar-refractivity contribution is -0.633. The second-order valence-corrected chi connectivity index (χ2v) is 5.11. The number of fused-ring (bicyclic) bond motifs is 1. The Labute approximate surface area is 118 Å². The average molecular weight is 269 g/mol. The summed E-state index contributed by atoms with van der Waals surface area (Å²) in [6.07, 6.45) is 0. The van der Waals surface area contributed by atoms with Crippen molar-refractivity contribution in [3.63, 3.8) is 0 Å². The molecule has 0 radical (unpaired) electrons. The quantitative estimate of drug-likeness (QED) is 0.580. The fourth-order valence-electron chi connectivity index (χ4n) is 2.64. The highest BCUT2D eigenvalue weighted by Gasteiger charge is 2.21. The Morgan fingerprint density at radius 1 is 0.895 bits per heavy atom. The molecule has 1 nitrogen and oxygen atoms in total. The van der Waals surface area contributed by atoms with Gasteiger partial charge in [-0.2, -0.15) is 4.57 Å². The lowest BCUT2D eigenvalue weighted by atomic mass is 10.0. The van der Waals surface area contributed by atoms with E-state index in [0.717, 1.165) is 21.5 Å². The highest BCUT2D eigenvalue weighted by Crippen LogP contribution is 2.31. The molecule has 0 amide bonds. The first-order valence-corrected chi connectivity index (χ1v) is 6.70. The number of pyridine rings is 1. The normalized spacial score (nSPS) is 10.9. The zero-order valence-corrected chi connectivity index (χ0v) is 11.8. The van der Waals surface area contributed by atoms with Crippen LogP contribution >= 0.6 is 11.6 Å². The van der Waals surface area contributed by atoms with E-state index in [-0.39, 0.29) is 0 Å². The molecule has 0 saturated heterocycles. The number of hydrogen-bond donors (Lipinski definition) is 0. The number of hydrogen-bond acceptors (Lipinski definition) is 0. The summed E-state index contributed by atoms with van der Waals surface area (Å²) in [6.45, 7) is 2.08. The van der Waals surface area contributed by atoms with Crippen LogP contribution in [0.4, 0.5) is 0 Å². The number of nitrogens with zero attached hydrogens (tertiary/aromatic N) is 1. The molecule has 1 aromatic heterocycles. The standard InChI is InChI=1S/C17H15ClN/c1-12-16(18)14-10-6-7-11-15(14)19(2)17(12)13-8-4-3-5-9-13/h3-11H,1-2H3/q+1. The van der Waals surface area contributed by atoms with Crippen LogP contribution in [0.5, 0.6) is 0 Å². The van der Waals surface area contributed by atoms with Crippen molar-refractivity contribution >= 4 is 22.5 Å². The van der Waals surface area contributed by atoms with Gasteiger partial charge in [-0.15, -0.1) is 0 Å². The molecule has 2 heteroatoms. The Kier molecular flexibility index (Phi) is 3.00. The Morgan fingerprint density at radius 2 is 1.53 bits per heavy atom. The molecular formula is C17H15ClN+. The Bertz CT molecular complexity index is 748. The topological polar surface area (TPSA) is 3.88 Å². The molecule has 0 bridgehead atoms. The minimum Gasteiger partial charge on any atom is -0.194 e. The molecular weight excluding hydrogens is 254 g/mol. The fourth-order valence-corrected chi connectivity index (χ4v) is 2.89. The van der Waals surface area contributed by atoms with Gasteiger partial charge in [0.25, 0.3) is 0 Å². The molecule has 0 aliphatic carbocycles. The third-order valence-corrected chi connectivity index (χ3v) is 4.06. The first kappa shape index (κ1) is 12.2. The van der Waals surface area contributed by atoms with Crippen molar-refractivity contribution in [2.24, 2.45) is 7.05 Å². The second-order valence-electron chi connectivity index (χ2n) is 4.73. The largest absolute Gasteiger partial charge is 0.217 e. The van der Waals surface area contributed by atoms with Gasteiger partial charge < -0.3 is 0 Å². The smallest absolute Gasteiger partial charge is 0.194 e. The summed E-state index contributed by atoms with van der Waals surface area (Å²) in [4.78, 5) is 0. The summed E-state index contributed by atoms with van der Waals surface area (Å²) in [5.41, 5.74) is 4.63. The third-order valence-electron chi connectivity index (χ3n) is 3.57. The number of benzene rings is 2. The maximum absolute atomic E-state index is 6.54. The summed E-state index contributed by atoms with van der Waals surface area (Å²) in [5, 5.41) is 1.94. The number of halogens is 1. The Morgan fingerprint density at radius 3 is 2.26 bits per heavy atom. The van der Waals surface area contributed by atoms with E-state index in [9.17, 15) is 0 Å².